The Bertz CT molecular complexity index is 452. The van der Waals surface area contributed by atoms with E-state index >= 15 is 0 Å². The van der Waals surface area contributed by atoms with Gasteiger partial charge in [0.15, 0.2) is 0 Å². The fraction of sp³-hybridized carbons (Fsp3) is 0.417. The van der Waals surface area contributed by atoms with Gasteiger partial charge in [0.05, 0.1) is 13.2 Å². The summed E-state index contributed by atoms with van der Waals surface area (Å²) in [5, 5.41) is 0. The molecule has 0 aliphatic rings. The van der Waals surface area contributed by atoms with Crippen molar-refractivity contribution in [2.75, 3.05) is 25.4 Å². The Hall–Kier alpha value is -1.80. The zero-order valence-electron chi connectivity index (χ0n) is 10.7. The predicted molar refractivity (Wildman–Crippen MR) is 67.3 cm³/mol. The van der Waals surface area contributed by atoms with Crippen LogP contribution < -0.4 is 11.5 Å². The molecule has 0 saturated carbocycles. The average Bonchev–Trinajstić information content (AvgIpc) is 2.26. The Labute approximate surface area is 114 Å². The molecule has 1 aromatic carbocycles. The molecule has 1 rings (SSSR count). The van der Waals surface area contributed by atoms with Gasteiger partial charge in [0, 0.05) is 18.8 Å². The quantitative estimate of drug-likeness (QED) is 0.737. The second-order valence-electron chi connectivity index (χ2n) is 4.22. The highest BCUT2D eigenvalue weighted by atomic mass is 19.4. The van der Waals surface area contributed by atoms with Crippen molar-refractivity contribution in [3.05, 3.63) is 29.8 Å². The molecular weight excluding hydrogens is 275 g/mol. The number of anilines is 1. The third-order valence-corrected chi connectivity index (χ3v) is 2.41. The van der Waals surface area contributed by atoms with Crippen molar-refractivity contribution in [3.8, 4) is 0 Å². The molecule has 0 aromatic heterocycles. The molecule has 20 heavy (non-hydrogen) atoms. The van der Waals surface area contributed by atoms with Crippen molar-refractivity contribution < 1.29 is 22.7 Å². The molecule has 1 amide bonds. The number of hydrogen-bond donors (Lipinski definition) is 2. The van der Waals surface area contributed by atoms with Gasteiger partial charge in [-0.2, -0.15) is 0 Å². The average molecular weight is 291 g/mol. The fourth-order valence-corrected chi connectivity index (χ4v) is 1.67. The SMILES string of the molecule is NC(=O)CN(CCOC(F)(F)F)Cc1cccc(N)c1. The number of nitrogen functional groups attached to an aromatic ring is 1. The first-order chi connectivity index (χ1) is 9.26. The molecule has 0 fully saturated rings. The highest BCUT2D eigenvalue weighted by Gasteiger charge is 2.29. The van der Waals surface area contributed by atoms with Gasteiger partial charge in [-0.3, -0.25) is 14.4 Å². The normalized spacial score (nSPS) is 11.8. The van der Waals surface area contributed by atoms with Crippen molar-refractivity contribution in [1.29, 1.82) is 0 Å². The van der Waals surface area contributed by atoms with Gasteiger partial charge >= 0.3 is 6.36 Å². The third-order valence-electron chi connectivity index (χ3n) is 2.41. The van der Waals surface area contributed by atoms with Gasteiger partial charge in [0.25, 0.3) is 0 Å². The summed E-state index contributed by atoms with van der Waals surface area (Å²) in [6.45, 7) is -0.540. The number of benzene rings is 1. The van der Waals surface area contributed by atoms with E-state index in [1.807, 2.05) is 0 Å². The molecule has 5 nitrogen and oxygen atoms in total. The number of halogens is 3. The summed E-state index contributed by atoms with van der Waals surface area (Å²) in [5.41, 5.74) is 12.0. The fourth-order valence-electron chi connectivity index (χ4n) is 1.67. The van der Waals surface area contributed by atoms with Gasteiger partial charge < -0.3 is 11.5 Å². The summed E-state index contributed by atoms with van der Waals surface area (Å²) in [4.78, 5) is 12.4. The summed E-state index contributed by atoms with van der Waals surface area (Å²) in [6, 6.07) is 6.85. The van der Waals surface area contributed by atoms with Crippen LogP contribution in [0.3, 0.4) is 0 Å². The molecule has 0 radical (unpaired) electrons. The highest BCUT2D eigenvalue weighted by Crippen LogP contribution is 2.16. The van der Waals surface area contributed by atoms with E-state index in [0.717, 1.165) is 5.56 Å². The lowest BCUT2D eigenvalue weighted by molar-refractivity contribution is -0.325. The molecule has 4 N–H and O–H groups in total. The monoisotopic (exact) mass is 291 g/mol. The largest absolute Gasteiger partial charge is 0.522 e. The van der Waals surface area contributed by atoms with E-state index in [9.17, 15) is 18.0 Å². The van der Waals surface area contributed by atoms with E-state index in [1.54, 1.807) is 24.3 Å². The van der Waals surface area contributed by atoms with Crippen LogP contribution >= 0.6 is 0 Å². The molecule has 0 atom stereocenters. The number of carbonyl (C=O) groups is 1. The predicted octanol–water partition coefficient (Wildman–Crippen LogP) is 1.09. The van der Waals surface area contributed by atoms with E-state index in [2.05, 4.69) is 4.74 Å². The van der Waals surface area contributed by atoms with Crippen LogP contribution in [0, 0.1) is 0 Å². The lowest BCUT2D eigenvalue weighted by Crippen LogP contribution is -2.36. The molecule has 0 saturated heterocycles. The number of nitrogens with zero attached hydrogens (tertiary/aromatic N) is 1. The van der Waals surface area contributed by atoms with Crippen molar-refractivity contribution in [2.24, 2.45) is 5.73 Å². The van der Waals surface area contributed by atoms with E-state index in [0.29, 0.717) is 5.69 Å². The van der Waals surface area contributed by atoms with Gasteiger partial charge in [0.1, 0.15) is 0 Å². The maximum Gasteiger partial charge on any atom is 0.522 e. The number of carbonyl (C=O) groups excluding carboxylic acids is 1. The van der Waals surface area contributed by atoms with Crippen LogP contribution in [-0.2, 0) is 16.1 Å². The second-order valence-corrected chi connectivity index (χ2v) is 4.22. The van der Waals surface area contributed by atoms with E-state index < -0.39 is 18.9 Å². The van der Waals surface area contributed by atoms with Gasteiger partial charge in [0.2, 0.25) is 5.91 Å². The van der Waals surface area contributed by atoms with Gasteiger partial charge in [-0.05, 0) is 17.7 Å². The molecule has 0 aliphatic carbocycles. The Morgan fingerprint density at radius 1 is 1.35 bits per heavy atom. The summed E-state index contributed by atoms with van der Waals surface area (Å²) in [5.74, 6) is -0.624. The second kappa shape index (κ2) is 7.11. The van der Waals surface area contributed by atoms with E-state index in [1.165, 1.54) is 4.90 Å². The Morgan fingerprint density at radius 3 is 2.60 bits per heavy atom. The zero-order valence-corrected chi connectivity index (χ0v) is 10.7. The number of hydrogen-bond acceptors (Lipinski definition) is 4. The molecule has 0 aliphatic heterocycles. The lowest BCUT2D eigenvalue weighted by atomic mass is 10.2. The minimum Gasteiger partial charge on any atom is -0.399 e. The van der Waals surface area contributed by atoms with Crippen LogP contribution in [0.2, 0.25) is 0 Å². The lowest BCUT2D eigenvalue weighted by Gasteiger charge is -2.21. The molecule has 0 unspecified atom stereocenters. The summed E-state index contributed by atoms with van der Waals surface area (Å²) in [6.07, 6.45) is -4.68. The minimum absolute atomic E-state index is 0.0722. The Morgan fingerprint density at radius 2 is 2.05 bits per heavy atom. The first-order valence-electron chi connectivity index (χ1n) is 5.82. The number of alkyl halides is 3. The highest BCUT2D eigenvalue weighted by molar-refractivity contribution is 5.75. The molecule has 0 spiro atoms. The topological polar surface area (TPSA) is 81.6 Å². The minimum atomic E-state index is -4.68. The van der Waals surface area contributed by atoms with Crippen molar-refractivity contribution in [2.45, 2.75) is 12.9 Å². The molecule has 1 aromatic rings. The maximum absolute atomic E-state index is 11.9. The zero-order chi connectivity index (χ0) is 15.2. The summed E-state index contributed by atoms with van der Waals surface area (Å²) >= 11 is 0. The molecule has 112 valence electrons. The standard InChI is InChI=1S/C12H16F3N3O2/c13-12(14,15)20-5-4-18(8-11(17)19)7-9-2-1-3-10(16)6-9/h1-3,6H,4-5,7-8,16H2,(H2,17,19). The van der Waals surface area contributed by atoms with Crippen LogP contribution in [0.1, 0.15) is 5.56 Å². The molecule has 8 heteroatoms. The van der Waals surface area contributed by atoms with Crippen molar-refractivity contribution in [3.63, 3.8) is 0 Å². The summed E-state index contributed by atoms with van der Waals surface area (Å²) < 4.78 is 39.4. The van der Waals surface area contributed by atoms with Crippen LogP contribution in [0.4, 0.5) is 18.9 Å². The van der Waals surface area contributed by atoms with Gasteiger partial charge in [-0.25, -0.2) is 0 Å². The van der Waals surface area contributed by atoms with Gasteiger partial charge in [-0.15, -0.1) is 13.2 Å². The number of rotatable bonds is 7. The smallest absolute Gasteiger partial charge is 0.399 e. The first-order valence-corrected chi connectivity index (χ1v) is 5.82. The Balaban J connectivity index is 2.57. The Kier molecular flexibility index (Phi) is 5.78. The van der Waals surface area contributed by atoms with Crippen molar-refractivity contribution >= 4 is 11.6 Å². The van der Waals surface area contributed by atoms with E-state index in [-0.39, 0.29) is 19.6 Å². The number of primary amides is 1. The number of amides is 1. The summed E-state index contributed by atoms with van der Waals surface area (Å²) in [7, 11) is 0. The molecule has 0 bridgehead atoms. The third kappa shape index (κ3) is 6.95. The van der Waals surface area contributed by atoms with Gasteiger partial charge in [-0.1, -0.05) is 12.1 Å². The molecule has 0 heterocycles. The number of nitrogens with two attached hydrogens (primary N) is 2. The maximum atomic E-state index is 11.9. The van der Waals surface area contributed by atoms with E-state index in [4.69, 9.17) is 11.5 Å². The van der Waals surface area contributed by atoms with Crippen LogP contribution in [0.15, 0.2) is 24.3 Å². The van der Waals surface area contributed by atoms with Crippen LogP contribution in [-0.4, -0.2) is 36.9 Å². The van der Waals surface area contributed by atoms with Crippen LogP contribution in [0.25, 0.3) is 0 Å². The number of ether oxygens (including phenoxy) is 1. The molecular formula is C12H16F3N3O2. The van der Waals surface area contributed by atoms with Crippen molar-refractivity contribution in [1.82, 2.24) is 4.90 Å². The van der Waals surface area contributed by atoms with Crippen LogP contribution in [0.5, 0.6) is 0 Å². The first kappa shape index (κ1) is 16.3.